The molecule has 1 atom stereocenters. The molecule has 16 heteroatoms. The second kappa shape index (κ2) is 13.6. The Hall–Kier alpha value is -3.98. The fraction of sp³-hybridized carbons (Fsp3) is 0.241. The predicted molar refractivity (Wildman–Crippen MR) is 150 cm³/mol. The molecule has 0 fully saturated rings. The average molecular weight is 679 g/mol. The van der Waals surface area contributed by atoms with Crippen molar-refractivity contribution in [3.8, 4) is 33.9 Å². The first kappa shape index (κ1) is 33.9. The topological polar surface area (TPSA) is 103 Å². The molecule has 45 heavy (non-hydrogen) atoms. The SMILES string of the molecule is Cn1nc(C(F)(F)F)cc1-c1ccc(OCc2ccc(Cl)cc2)c(-c2ccc(Cl)c(C(F)(F)F)c2)c1OC(=O)OCC(O)CO. The molecule has 0 saturated carbocycles. The molecular formula is C29H22Cl2F6N2O6. The smallest absolute Gasteiger partial charge is 0.488 e. The molecule has 0 radical (unpaired) electrons. The average Bonchev–Trinajstić information content (AvgIpc) is 3.37. The number of benzene rings is 3. The Balaban J connectivity index is 1.96. The first-order valence-electron chi connectivity index (χ1n) is 12.7. The van der Waals surface area contributed by atoms with Crippen LogP contribution in [0.4, 0.5) is 31.1 Å². The third-order valence-electron chi connectivity index (χ3n) is 6.22. The summed E-state index contributed by atoms with van der Waals surface area (Å²) in [5.74, 6) is -0.695. The van der Waals surface area contributed by atoms with Gasteiger partial charge in [-0.05, 0) is 53.6 Å². The maximum atomic E-state index is 13.9. The van der Waals surface area contributed by atoms with Gasteiger partial charge in [-0.3, -0.25) is 4.68 Å². The molecule has 4 rings (SSSR count). The Morgan fingerprint density at radius 3 is 2.27 bits per heavy atom. The van der Waals surface area contributed by atoms with Gasteiger partial charge in [-0.25, -0.2) is 4.79 Å². The Bertz CT molecular complexity index is 1680. The van der Waals surface area contributed by atoms with Gasteiger partial charge in [0.05, 0.1) is 28.5 Å². The van der Waals surface area contributed by atoms with Gasteiger partial charge in [0.25, 0.3) is 0 Å². The minimum absolute atomic E-state index is 0.138. The molecule has 0 saturated heterocycles. The number of aliphatic hydroxyl groups excluding tert-OH is 2. The summed E-state index contributed by atoms with van der Waals surface area (Å²) in [5, 5.41) is 21.9. The van der Waals surface area contributed by atoms with E-state index in [0.29, 0.717) is 22.7 Å². The van der Waals surface area contributed by atoms with Gasteiger partial charge in [0.2, 0.25) is 0 Å². The number of rotatable bonds is 9. The number of hydrogen-bond acceptors (Lipinski definition) is 7. The fourth-order valence-corrected chi connectivity index (χ4v) is 4.44. The van der Waals surface area contributed by atoms with Gasteiger partial charge >= 0.3 is 18.5 Å². The molecule has 8 nitrogen and oxygen atoms in total. The summed E-state index contributed by atoms with van der Waals surface area (Å²) in [6, 6.07) is 12.3. The van der Waals surface area contributed by atoms with Crippen molar-refractivity contribution in [3.05, 3.63) is 87.5 Å². The van der Waals surface area contributed by atoms with Crippen LogP contribution < -0.4 is 9.47 Å². The predicted octanol–water partition coefficient (Wildman–Crippen LogP) is 7.55. The van der Waals surface area contributed by atoms with E-state index in [2.05, 4.69) is 5.10 Å². The number of aromatic nitrogens is 2. The van der Waals surface area contributed by atoms with Crippen molar-refractivity contribution in [2.45, 2.75) is 25.1 Å². The van der Waals surface area contributed by atoms with Gasteiger partial charge in [0.1, 0.15) is 25.1 Å². The van der Waals surface area contributed by atoms with Gasteiger partial charge < -0.3 is 24.4 Å². The Labute approximate surface area is 261 Å². The van der Waals surface area contributed by atoms with Crippen LogP contribution in [0.5, 0.6) is 11.5 Å². The number of halogens is 8. The van der Waals surface area contributed by atoms with Gasteiger partial charge in [0, 0.05) is 17.6 Å². The number of carbonyl (C=O) groups is 1. The van der Waals surface area contributed by atoms with Gasteiger partial charge in [0.15, 0.2) is 11.4 Å². The van der Waals surface area contributed by atoms with E-state index < -0.39 is 59.9 Å². The zero-order valence-corrected chi connectivity index (χ0v) is 24.4. The highest BCUT2D eigenvalue weighted by Gasteiger charge is 2.37. The highest BCUT2D eigenvalue weighted by molar-refractivity contribution is 6.31. The maximum absolute atomic E-state index is 13.9. The summed E-state index contributed by atoms with van der Waals surface area (Å²) >= 11 is 11.8. The number of alkyl halides is 6. The van der Waals surface area contributed by atoms with Crippen molar-refractivity contribution in [1.82, 2.24) is 9.78 Å². The summed E-state index contributed by atoms with van der Waals surface area (Å²) in [6.45, 7) is -1.67. The van der Waals surface area contributed by atoms with E-state index in [0.717, 1.165) is 10.7 Å². The third-order valence-corrected chi connectivity index (χ3v) is 6.80. The molecule has 3 aromatic carbocycles. The highest BCUT2D eigenvalue weighted by atomic mass is 35.5. The van der Waals surface area contributed by atoms with E-state index in [9.17, 15) is 36.2 Å². The van der Waals surface area contributed by atoms with Crippen LogP contribution in [0.2, 0.25) is 10.0 Å². The van der Waals surface area contributed by atoms with E-state index in [-0.39, 0.29) is 34.7 Å². The van der Waals surface area contributed by atoms with Gasteiger partial charge in [-0.1, -0.05) is 41.4 Å². The molecule has 0 bridgehead atoms. The molecule has 0 spiro atoms. The molecule has 1 unspecified atom stereocenters. The largest absolute Gasteiger partial charge is 0.513 e. The molecule has 0 amide bonds. The minimum atomic E-state index is -4.92. The Kier molecular flexibility index (Phi) is 10.2. The molecule has 2 N–H and O–H groups in total. The lowest BCUT2D eigenvalue weighted by molar-refractivity contribution is -0.141. The van der Waals surface area contributed by atoms with Crippen molar-refractivity contribution >= 4 is 29.4 Å². The van der Waals surface area contributed by atoms with Crippen LogP contribution >= 0.6 is 23.2 Å². The zero-order chi connectivity index (χ0) is 33.1. The van der Waals surface area contributed by atoms with E-state index in [1.165, 1.54) is 25.2 Å². The van der Waals surface area contributed by atoms with Gasteiger partial charge in [-0.15, -0.1) is 0 Å². The highest BCUT2D eigenvalue weighted by Crippen LogP contribution is 2.48. The molecule has 4 aromatic rings. The number of hydrogen-bond donors (Lipinski definition) is 2. The lowest BCUT2D eigenvalue weighted by Gasteiger charge is -2.20. The molecular weight excluding hydrogens is 657 g/mol. The molecule has 0 aliphatic carbocycles. The normalized spacial score (nSPS) is 12.6. The summed E-state index contributed by atoms with van der Waals surface area (Å²) in [4.78, 5) is 12.8. The van der Waals surface area contributed by atoms with Crippen molar-refractivity contribution in [3.63, 3.8) is 0 Å². The van der Waals surface area contributed by atoms with E-state index in [4.69, 9.17) is 42.5 Å². The van der Waals surface area contributed by atoms with Crippen molar-refractivity contribution in [2.24, 2.45) is 7.05 Å². The number of aliphatic hydroxyl groups is 2. The standard InChI is InChI=1S/C29H22Cl2F6N2O6/c1-39-22(11-24(38-39)29(35,36)37)19-7-9-23(43-13-15-2-5-17(30)6-3-15)25(26(19)45-27(42)44-14-18(41)12-40)16-4-8-21(31)20(10-16)28(32,33)34/h2-11,18,40-41H,12-14H2,1H3. The Morgan fingerprint density at radius 1 is 0.978 bits per heavy atom. The fourth-order valence-electron chi connectivity index (χ4n) is 4.09. The van der Waals surface area contributed by atoms with Crippen molar-refractivity contribution < 1.29 is 55.6 Å². The number of carbonyl (C=O) groups excluding carboxylic acids is 1. The summed E-state index contributed by atoms with van der Waals surface area (Å²) in [5.41, 5.74) is -2.93. The second-order valence-corrected chi connectivity index (χ2v) is 10.3. The molecule has 1 aromatic heterocycles. The number of ether oxygens (including phenoxy) is 3. The van der Waals surface area contributed by atoms with Crippen LogP contribution in [0.15, 0.2) is 60.7 Å². The first-order chi connectivity index (χ1) is 21.1. The van der Waals surface area contributed by atoms with Crippen LogP contribution in [-0.4, -0.2) is 45.5 Å². The van der Waals surface area contributed by atoms with Gasteiger partial charge in [-0.2, -0.15) is 31.4 Å². The lowest BCUT2D eigenvalue weighted by Crippen LogP contribution is -2.23. The maximum Gasteiger partial charge on any atom is 0.513 e. The van der Waals surface area contributed by atoms with E-state index >= 15 is 0 Å². The quantitative estimate of drug-likeness (QED) is 0.107. The minimum Gasteiger partial charge on any atom is -0.488 e. The first-order valence-corrected chi connectivity index (χ1v) is 13.5. The molecule has 240 valence electrons. The number of nitrogens with zero attached hydrogens (tertiary/aromatic N) is 2. The lowest BCUT2D eigenvalue weighted by atomic mass is 9.96. The second-order valence-electron chi connectivity index (χ2n) is 9.46. The molecule has 0 aliphatic rings. The van der Waals surface area contributed by atoms with Crippen LogP contribution in [0.1, 0.15) is 16.8 Å². The summed E-state index contributed by atoms with van der Waals surface area (Å²) in [6.07, 6.45) is -12.8. The van der Waals surface area contributed by atoms with Crippen molar-refractivity contribution in [2.75, 3.05) is 13.2 Å². The number of aryl methyl sites for hydroxylation is 1. The summed E-state index contributed by atoms with van der Waals surface area (Å²) in [7, 11) is 1.18. The molecule has 1 heterocycles. The van der Waals surface area contributed by atoms with Crippen LogP contribution in [0.3, 0.4) is 0 Å². The summed E-state index contributed by atoms with van der Waals surface area (Å²) < 4.78 is 99.2. The van der Waals surface area contributed by atoms with E-state index in [1.54, 1.807) is 24.3 Å². The van der Waals surface area contributed by atoms with Crippen molar-refractivity contribution in [1.29, 1.82) is 0 Å². The molecule has 0 aliphatic heterocycles. The van der Waals surface area contributed by atoms with Crippen LogP contribution in [-0.2, 0) is 30.7 Å². The third kappa shape index (κ3) is 8.19. The van der Waals surface area contributed by atoms with Crippen LogP contribution in [0.25, 0.3) is 22.4 Å². The van der Waals surface area contributed by atoms with Crippen LogP contribution in [0, 0.1) is 0 Å². The zero-order valence-electron chi connectivity index (χ0n) is 22.9. The monoisotopic (exact) mass is 678 g/mol. The van der Waals surface area contributed by atoms with E-state index in [1.807, 2.05) is 0 Å². The Morgan fingerprint density at radius 2 is 1.67 bits per heavy atom.